The molecular formula is C30H40IOP. The molecule has 3 aromatic rings. The molecule has 0 fully saturated rings. The van der Waals surface area contributed by atoms with Crippen LogP contribution in [0.1, 0.15) is 64.2 Å². The first kappa shape index (κ1) is 28.0. The van der Waals surface area contributed by atoms with E-state index in [1.807, 2.05) is 0 Å². The smallest absolute Gasteiger partial charge is 0.112 e. The third kappa shape index (κ3) is 8.50. The minimum atomic E-state index is -1.65. The van der Waals surface area contributed by atoms with Crippen molar-refractivity contribution in [2.24, 2.45) is 0 Å². The fraction of sp³-hybridized carbons (Fsp3) is 0.400. The molecule has 1 N–H and O–H groups in total. The van der Waals surface area contributed by atoms with Gasteiger partial charge >= 0.3 is 0 Å². The molecule has 0 amide bonds. The third-order valence-corrected chi connectivity index (χ3v) is 11.0. The maximum absolute atomic E-state index is 8.87. The van der Waals surface area contributed by atoms with Crippen LogP contribution in [0.3, 0.4) is 0 Å². The van der Waals surface area contributed by atoms with E-state index < -0.39 is 7.26 Å². The first-order valence-electron chi connectivity index (χ1n) is 12.5. The van der Waals surface area contributed by atoms with E-state index >= 15 is 0 Å². The summed E-state index contributed by atoms with van der Waals surface area (Å²) >= 11 is 0. The van der Waals surface area contributed by atoms with Crippen molar-refractivity contribution < 1.29 is 29.1 Å². The number of aliphatic hydroxyl groups excluding tert-OH is 1. The second kappa shape index (κ2) is 16.4. The highest BCUT2D eigenvalue weighted by molar-refractivity contribution is 7.95. The number of aliphatic hydroxyl groups is 1. The normalized spacial score (nSPS) is 11.2. The van der Waals surface area contributed by atoms with Crippen molar-refractivity contribution in [1.82, 2.24) is 0 Å². The maximum Gasteiger partial charge on any atom is 0.112 e. The molecule has 0 unspecified atom stereocenters. The quantitative estimate of drug-likeness (QED) is 0.166. The van der Waals surface area contributed by atoms with Gasteiger partial charge in [-0.3, -0.25) is 0 Å². The Morgan fingerprint density at radius 2 is 0.727 bits per heavy atom. The summed E-state index contributed by atoms with van der Waals surface area (Å²) in [7, 11) is -1.65. The Bertz CT molecular complexity index is 758. The topological polar surface area (TPSA) is 20.2 Å². The van der Waals surface area contributed by atoms with Gasteiger partial charge in [-0.05, 0) is 55.7 Å². The molecule has 33 heavy (non-hydrogen) atoms. The molecule has 0 saturated heterocycles. The Labute approximate surface area is 219 Å². The van der Waals surface area contributed by atoms with Gasteiger partial charge in [-0.1, -0.05) is 99.5 Å². The highest BCUT2D eigenvalue weighted by atomic mass is 127. The predicted molar refractivity (Wildman–Crippen MR) is 143 cm³/mol. The van der Waals surface area contributed by atoms with Gasteiger partial charge in [0.05, 0.1) is 6.16 Å². The zero-order valence-corrected chi connectivity index (χ0v) is 23.0. The van der Waals surface area contributed by atoms with Gasteiger partial charge in [0.15, 0.2) is 0 Å². The second-order valence-corrected chi connectivity index (χ2v) is 12.4. The van der Waals surface area contributed by atoms with E-state index in [2.05, 4.69) is 91.0 Å². The Morgan fingerprint density at radius 1 is 0.424 bits per heavy atom. The Hall–Kier alpha value is -1.22. The molecular weight excluding hydrogens is 534 g/mol. The third-order valence-electron chi connectivity index (χ3n) is 6.49. The second-order valence-electron chi connectivity index (χ2n) is 8.80. The van der Waals surface area contributed by atoms with Crippen molar-refractivity contribution in [2.45, 2.75) is 64.2 Å². The van der Waals surface area contributed by atoms with Gasteiger partial charge in [0, 0.05) is 6.61 Å². The lowest BCUT2D eigenvalue weighted by Gasteiger charge is -2.27. The number of benzene rings is 3. The van der Waals surface area contributed by atoms with E-state index in [9.17, 15) is 0 Å². The Morgan fingerprint density at radius 3 is 1.06 bits per heavy atom. The van der Waals surface area contributed by atoms with Crippen LogP contribution in [-0.2, 0) is 0 Å². The molecule has 0 aliphatic carbocycles. The molecule has 0 bridgehead atoms. The minimum absolute atomic E-state index is 0. The van der Waals surface area contributed by atoms with Crippen molar-refractivity contribution >= 4 is 23.2 Å². The zero-order valence-electron chi connectivity index (χ0n) is 19.9. The average molecular weight is 575 g/mol. The van der Waals surface area contributed by atoms with Crippen LogP contribution in [0.4, 0.5) is 0 Å². The van der Waals surface area contributed by atoms with E-state index in [-0.39, 0.29) is 24.0 Å². The van der Waals surface area contributed by atoms with Crippen molar-refractivity contribution in [2.75, 3.05) is 12.8 Å². The molecule has 178 valence electrons. The van der Waals surface area contributed by atoms with E-state index in [0.29, 0.717) is 6.61 Å². The zero-order chi connectivity index (χ0) is 22.3. The fourth-order valence-corrected chi connectivity index (χ4v) is 9.17. The molecule has 3 aromatic carbocycles. The van der Waals surface area contributed by atoms with Crippen LogP contribution in [-0.4, -0.2) is 17.9 Å². The molecule has 0 saturated carbocycles. The highest BCUT2D eigenvalue weighted by Gasteiger charge is 2.44. The van der Waals surface area contributed by atoms with Crippen molar-refractivity contribution in [3.8, 4) is 0 Å². The number of hydrogen-bond acceptors (Lipinski definition) is 1. The minimum Gasteiger partial charge on any atom is -1.00 e. The molecule has 0 radical (unpaired) electrons. The van der Waals surface area contributed by atoms with Gasteiger partial charge in [-0.2, -0.15) is 0 Å². The molecule has 3 rings (SSSR count). The van der Waals surface area contributed by atoms with Crippen LogP contribution in [0.5, 0.6) is 0 Å². The molecule has 0 heterocycles. The van der Waals surface area contributed by atoms with E-state index in [1.165, 1.54) is 79.9 Å². The summed E-state index contributed by atoms with van der Waals surface area (Å²) in [6, 6.07) is 33.8. The SMILES string of the molecule is OCCCCCCCCCCCC[P+](c1ccccc1)(c1ccccc1)c1ccccc1.[I-]. The van der Waals surface area contributed by atoms with Gasteiger partial charge < -0.3 is 29.1 Å². The average Bonchev–Trinajstić information content (AvgIpc) is 2.87. The van der Waals surface area contributed by atoms with Crippen molar-refractivity contribution in [1.29, 1.82) is 0 Å². The van der Waals surface area contributed by atoms with Crippen LogP contribution < -0.4 is 39.9 Å². The standard InChI is InChI=1S/C30H40OP.HI/c31-26-18-7-5-3-1-2-4-6-8-19-27-32(28-20-12-9-13-21-28,29-22-14-10-15-23-29)30-24-16-11-17-25-30;/h9-17,20-25,31H,1-8,18-19,26-27H2;1H/q+1;/p-1. The number of halogens is 1. The summed E-state index contributed by atoms with van der Waals surface area (Å²) in [4.78, 5) is 0. The lowest BCUT2D eigenvalue weighted by Crippen LogP contribution is -3.00. The molecule has 0 aliphatic rings. The predicted octanol–water partition coefficient (Wildman–Crippen LogP) is 3.88. The summed E-state index contributed by atoms with van der Waals surface area (Å²) in [6.07, 6.45) is 14.0. The van der Waals surface area contributed by atoms with Crippen LogP contribution in [0.25, 0.3) is 0 Å². The summed E-state index contributed by atoms with van der Waals surface area (Å²) in [5, 5.41) is 13.4. The first-order chi connectivity index (χ1) is 15.9. The monoisotopic (exact) mass is 574 g/mol. The van der Waals surface area contributed by atoms with Crippen LogP contribution in [0, 0.1) is 0 Å². The summed E-state index contributed by atoms with van der Waals surface area (Å²) in [5.74, 6) is 0. The van der Waals surface area contributed by atoms with E-state index in [0.717, 1.165) is 6.42 Å². The lowest BCUT2D eigenvalue weighted by atomic mass is 10.1. The summed E-state index contributed by atoms with van der Waals surface area (Å²) in [5.41, 5.74) is 0. The Kier molecular flexibility index (Phi) is 13.9. The summed E-state index contributed by atoms with van der Waals surface area (Å²) in [6.45, 7) is 0.346. The largest absolute Gasteiger partial charge is 1.00 e. The van der Waals surface area contributed by atoms with Crippen LogP contribution >= 0.6 is 7.26 Å². The van der Waals surface area contributed by atoms with E-state index in [1.54, 1.807) is 0 Å². The fourth-order valence-electron chi connectivity index (χ4n) is 4.76. The summed E-state index contributed by atoms with van der Waals surface area (Å²) < 4.78 is 0. The lowest BCUT2D eigenvalue weighted by molar-refractivity contribution is -0.00000757. The van der Waals surface area contributed by atoms with Crippen molar-refractivity contribution in [3.63, 3.8) is 0 Å². The maximum atomic E-state index is 8.87. The highest BCUT2D eigenvalue weighted by Crippen LogP contribution is 2.55. The van der Waals surface area contributed by atoms with Crippen LogP contribution in [0.2, 0.25) is 0 Å². The van der Waals surface area contributed by atoms with E-state index in [4.69, 9.17) is 5.11 Å². The van der Waals surface area contributed by atoms with Gasteiger partial charge in [-0.15, -0.1) is 0 Å². The van der Waals surface area contributed by atoms with Crippen molar-refractivity contribution in [3.05, 3.63) is 91.0 Å². The van der Waals surface area contributed by atoms with Gasteiger partial charge in [0.2, 0.25) is 0 Å². The van der Waals surface area contributed by atoms with Gasteiger partial charge in [-0.25, -0.2) is 0 Å². The van der Waals surface area contributed by atoms with Gasteiger partial charge in [0.25, 0.3) is 0 Å². The molecule has 3 heteroatoms. The van der Waals surface area contributed by atoms with Gasteiger partial charge in [0.1, 0.15) is 23.2 Å². The molecule has 1 nitrogen and oxygen atoms in total. The molecule has 0 aromatic heterocycles. The Balaban J connectivity index is 0.00000385. The number of rotatable bonds is 15. The number of unbranched alkanes of at least 4 members (excludes halogenated alkanes) is 9. The molecule has 0 aliphatic heterocycles. The first-order valence-corrected chi connectivity index (χ1v) is 14.5. The van der Waals surface area contributed by atoms with Crippen LogP contribution in [0.15, 0.2) is 91.0 Å². The molecule has 0 spiro atoms. The number of hydrogen-bond donors (Lipinski definition) is 1. The molecule has 0 atom stereocenters.